The fourth-order valence-electron chi connectivity index (χ4n) is 2.10. The Hall–Kier alpha value is -1.74. The highest BCUT2D eigenvalue weighted by Crippen LogP contribution is 2.22. The molecule has 2 rings (SSSR count). The van der Waals surface area contributed by atoms with E-state index in [0.29, 0.717) is 12.8 Å². The summed E-state index contributed by atoms with van der Waals surface area (Å²) in [6.07, 6.45) is 0.146. The summed E-state index contributed by atoms with van der Waals surface area (Å²) in [6, 6.07) is 11.2. The van der Waals surface area contributed by atoms with Gasteiger partial charge in [-0.2, -0.15) is 0 Å². The third-order valence-corrected chi connectivity index (χ3v) is 3.11. The van der Waals surface area contributed by atoms with Crippen LogP contribution in [0.25, 0.3) is 0 Å². The molecule has 1 nitrogen and oxygen atoms in total. The van der Waals surface area contributed by atoms with Crippen molar-refractivity contribution in [3.05, 3.63) is 70.8 Å². The molecule has 0 aliphatic carbocycles. The molecule has 2 aromatic rings. The average Bonchev–Trinajstić information content (AvgIpc) is 2.36. The third-order valence-electron chi connectivity index (χ3n) is 3.11. The first-order valence-electron chi connectivity index (χ1n) is 6.25. The van der Waals surface area contributed by atoms with Crippen molar-refractivity contribution < 1.29 is 13.9 Å². The second-order valence-electron chi connectivity index (χ2n) is 4.71. The van der Waals surface area contributed by atoms with Crippen LogP contribution in [0.4, 0.5) is 8.78 Å². The van der Waals surface area contributed by atoms with E-state index in [0.717, 1.165) is 23.3 Å². The number of hydrogen-bond acceptors (Lipinski definition) is 1. The molecular weight excluding hydrogens is 246 g/mol. The summed E-state index contributed by atoms with van der Waals surface area (Å²) in [6.45, 7) is 2.00. The number of aliphatic hydroxyl groups is 1. The topological polar surface area (TPSA) is 20.2 Å². The van der Waals surface area contributed by atoms with Crippen LogP contribution in [0.3, 0.4) is 0 Å². The van der Waals surface area contributed by atoms with Crippen LogP contribution in [0, 0.1) is 18.6 Å². The van der Waals surface area contributed by atoms with Crippen molar-refractivity contribution in [1.29, 1.82) is 0 Å². The zero-order valence-corrected chi connectivity index (χ0v) is 10.7. The Bertz CT molecular complexity index is 566. The summed E-state index contributed by atoms with van der Waals surface area (Å²) in [5, 5.41) is 9.96. The Morgan fingerprint density at radius 2 is 1.89 bits per heavy atom. The highest BCUT2D eigenvalue weighted by atomic mass is 19.1. The predicted octanol–water partition coefficient (Wildman–Crippen LogP) is 3.94. The van der Waals surface area contributed by atoms with E-state index < -0.39 is 17.7 Å². The second kappa shape index (κ2) is 5.93. The molecule has 0 spiro atoms. The molecule has 0 aliphatic rings. The van der Waals surface area contributed by atoms with E-state index in [-0.39, 0.29) is 5.56 Å². The lowest BCUT2D eigenvalue weighted by Crippen LogP contribution is -2.03. The van der Waals surface area contributed by atoms with Crippen molar-refractivity contribution >= 4 is 0 Å². The van der Waals surface area contributed by atoms with Gasteiger partial charge in [0, 0.05) is 11.6 Å². The van der Waals surface area contributed by atoms with Crippen molar-refractivity contribution in [2.45, 2.75) is 25.9 Å². The van der Waals surface area contributed by atoms with Crippen LogP contribution in [0.15, 0.2) is 42.5 Å². The molecule has 1 unspecified atom stereocenters. The zero-order valence-electron chi connectivity index (χ0n) is 10.7. The van der Waals surface area contributed by atoms with E-state index >= 15 is 0 Å². The molecular formula is C16H16F2O. The number of aliphatic hydroxyl groups excluding tert-OH is 1. The normalized spacial score (nSPS) is 12.4. The first-order valence-corrected chi connectivity index (χ1v) is 6.25. The monoisotopic (exact) mass is 262 g/mol. The van der Waals surface area contributed by atoms with E-state index in [2.05, 4.69) is 0 Å². The lowest BCUT2D eigenvalue weighted by atomic mass is 10.00. The fourth-order valence-corrected chi connectivity index (χ4v) is 2.10. The smallest absolute Gasteiger partial charge is 0.131 e. The highest BCUT2D eigenvalue weighted by molar-refractivity contribution is 5.24. The quantitative estimate of drug-likeness (QED) is 0.884. The summed E-state index contributed by atoms with van der Waals surface area (Å²) in [7, 11) is 0. The molecule has 0 aliphatic heterocycles. The minimum Gasteiger partial charge on any atom is -0.388 e. The summed E-state index contributed by atoms with van der Waals surface area (Å²) in [5.74, 6) is -1.33. The number of aryl methyl sites for hydroxylation is 2. The molecule has 1 atom stereocenters. The molecule has 0 radical (unpaired) electrons. The Kier molecular flexibility index (Phi) is 4.27. The Morgan fingerprint density at radius 3 is 2.58 bits per heavy atom. The van der Waals surface area contributed by atoms with Crippen LogP contribution in [0.2, 0.25) is 0 Å². The summed E-state index contributed by atoms with van der Waals surface area (Å²) < 4.78 is 26.3. The molecule has 19 heavy (non-hydrogen) atoms. The van der Waals surface area contributed by atoms with Gasteiger partial charge in [-0.05, 0) is 31.4 Å². The standard InChI is InChI=1S/C16H16F2O/c1-11-3-2-4-12(9-11)5-8-16(19)14-7-6-13(17)10-15(14)18/h2-4,6-7,9-10,16,19H,5,8H2,1H3. The van der Waals surface area contributed by atoms with Crippen molar-refractivity contribution in [2.75, 3.05) is 0 Å². The molecule has 0 saturated carbocycles. The Labute approximate surface area is 111 Å². The first-order chi connectivity index (χ1) is 9.06. The number of halogens is 2. The van der Waals surface area contributed by atoms with Crippen LogP contribution in [0.5, 0.6) is 0 Å². The molecule has 0 amide bonds. The van der Waals surface area contributed by atoms with Crippen LogP contribution in [-0.2, 0) is 6.42 Å². The molecule has 0 saturated heterocycles. The van der Waals surface area contributed by atoms with Gasteiger partial charge in [-0.1, -0.05) is 35.9 Å². The van der Waals surface area contributed by atoms with E-state index in [4.69, 9.17) is 0 Å². The second-order valence-corrected chi connectivity index (χ2v) is 4.71. The van der Waals surface area contributed by atoms with E-state index in [1.807, 2.05) is 31.2 Å². The predicted molar refractivity (Wildman–Crippen MR) is 70.8 cm³/mol. The maximum Gasteiger partial charge on any atom is 0.131 e. The van der Waals surface area contributed by atoms with Gasteiger partial charge in [0.25, 0.3) is 0 Å². The van der Waals surface area contributed by atoms with Crippen molar-refractivity contribution in [2.24, 2.45) is 0 Å². The van der Waals surface area contributed by atoms with E-state index in [1.165, 1.54) is 6.07 Å². The Morgan fingerprint density at radius 1 is 1.11 bits per heavy atom. The van der Waals surface area contributed by atoms with Gasteiger partial charge in [0.1, 0.15) is 11.6 Å². The largest absolute Gasteiger partial charge is 0.388 e. The van der Waals surface area contributed by atoms with Gasteiger partial charge in [0.2, 0.25) is 0 Å². The molecule has 100 valence electrons. The van der Waals surface area contributed by atoms with Crippen LogP contribution in [-0.4, -0.2) is 5.11 Å². The summed E-state index contributed by atoms with van der Waals surface area (Å²) in [5.41, 5.74) is 2.40. The maximum absolute atomic E-state index is 13.5. The number of benzene rings is 2. The zero-order chi connectivity index (χ0) is 13.8. The maximum atomic E-state index is 13.5. The minimum atomic E-state index is -0.916. The van der Waals surface area contributed by atoms with E-state index in [1.54, 1.807) is 0 Å². The third kappa shape index (κ3) is 3.61. The molecule has 3 heteroatoms. The average molecular weight is 262 g/mol. The first kappa shape index (κ1) is 13.7. The van der Waals surface area contributed by atoms with Gasteiger partial charge in [-0.15, -0.1) is 0 Å². The molecule has 0 fully saturated rings. The van der Waals surface area contributed by atoms with E-state index in [9.17, 15) is 13.9 Å². The molecule has 0 aromatic heterocycles. The summed E-state index contributed by atoms with van der Waals surface area (Å²) >= 11 is 0. The van der Waals surface area contributed by atoms with Gasteiger partial charge in [0.05, 0.1) is 6.10 Å². The summed E-state index contributed by atoms with van der Waals surface area (Å²) in [4.78, 5) is 0. The van der Waals surface area contributed by atoms with Crippen molar-refractivity contribution in [3.8, 4) is 0 Å². The molecule has 0 heterocycles. The van der Waals surface area contributed by atoms with Crippen LogP contribution < -0.4 is 0 Å². The van der Waals surface area contributed by atoms with Gasteiger partial charge in [-0.25, -0.2) is 8.78 Å². The van der Waals surface area contributed by atoms with Crippen molar-refractivity contribution in [3.63, 3.8) is 0 Å². The highest BCUT2D eigenvalue weighted by Gasteiger charge is 2.13. The number of rotatable bonds is 4. The fraction of sp³-hybridized carbons (Fsp3) is 0.250. The van der Waals surface area contributed by atoms with Gasteiger partial charge < -0.3 is 5.11 Å². The van der Waals surface area contributed by atoms with Crippen LogP contribution >= 0.6 is 0 Å². The van der Waals surface area contributed by atoms with Crippen molar-refractivity contribution in [1.82, 2.24) is 0 Å². The molecule has 0 bridgehead atoms. The number of hydrogen-bond donors (Lipinski definition) is 1. The SMILES string of the molecule is Cc1cccc(CCC(O)c2ccc(F)cc2F)c1. The lowest BCUT2D eigenvalue weighted by molar-refractivity contribution is 0.163. The van der Waals surface area contributed by atoms with Gasteiger partial charge >= 0.3 is 0 Å². The van der Waals surface area contributed by atoms with Gasteiger partial charge in [-0.3, -0.25) is 0 Å². The Balaban J connectivity index is 2.03. The molecule has 2 aromatic carbocycles. The lowest BCUT2D eigenvalue weighted by Gasteiger charge is -2.12. The van der Waals surface area contributed by atoms with Crippen LogP contribution in [0.1, 0.15) is 29.2 Å². The minimum absolute atomic E-state index is 0.147. The molecule has 1 N–H and O–H groups in total. The van der Waals surface area contributed by atoms with Gasteiger partial charge in [0.15, 0.2) is 0 Å².